The van der Waals surface area contributed by atoms with Gasteiger partial charge >= 0.3 is 0 Å². The molecule has 25 heavy (non-hydrogen) atoms. The predicted octanol–water partition coefficient (Wildman–Crippen LogP) is 4.39. The average molecular weight is 362 g/mol. The first-order valence-corrected chi connectivity index (χ1v) is 9.07. The van der Waals surface area contributed by atoms with Crippen molar-refractivity contribution in [2.24, 2.45) is 0 Å². The SMILES string of the molecule is C[C@H](C(=O)Nc1ccc(SC(F)F)cc1)N1CCc2ccccc2C1. The number of carbonyl (C=O) groups excluding carboxylic acids is 1. The van der Waals surface area contributed by atoms with Gasteiger partial charge in [-0.2, -0.15) is 8.78 Å². The first kappa shape index (κ1) is 17.9. The second-order valence-electron chi connectivity index (χ2n) is 6.06. The van der Waals surface area contributed by atoms with Crippen LogP contribution in [0.4, 0.5) is 14.5 Å². The lowest BCUT2D eigenvalue weighted by Crippen LogP contribution is -2.44. The highest BCUT2D eigenvalue weighted by molar-refractivity contribution is 7.99. The average Bonchev–Trinajstić information content (AvgIpc) is 2.62. The van der Waals surface area contributed by atoms with Crippen LogP contribution in [0.5, 0.6) is 0 Å². The van der Waals surface area contributed by atoms with E-state index < -0.39 is 5.76 Å². The molecule has 1 heterocycles. The zero-order valence-corrected chi connectivity index (χ0v) is 14.7. The number of rotatable bonds is 5. The second kappa shape index (κ2) is 7.97. The van der Waals surface area contributed by atoms with Crippen molar-refractivity contribution < 1.29 is 13.6 Å². The fourth-order valence-electron chi connectivity index (χ4n) is 2.98. The number of fused-ring (bicyclic) bond motifs is 1. The maximum absolute atomic E-state index is 12.5. The van der Waals surface area contributed by atoms with E-state index in [0.717, 1.165) is 19.5 Å². The van der Waals surface area contributed by atoms with E-state index >= 15 is 0 Å². The number of nitrogens with one attached hydrogen (secondary N) is 1. The number of thioether (sulfide) groups is 1. The Bertz CT molecular complexity index is 736. The molecule has 3 nitrogen and oxygen atoms in total. The van der Waals surface area contributed by atoms with Gasteiger partial charge in [0.2, 0.25) is 5.91 Å². The molecule has 1 aliphatic rings. The van der Waals surface area contributed by atoms with E-state index in [0.29, 0.717) is 22.3 Å². The maximum Gasteiger partial charge on any atom is 0.288 e. The maximum atomic E-state index is 12.5. The number of amides is 1. The summed E-state index contributed by atoms with van der Waals surface area (Å²) in [7, 11) is 0. The summed E-state index contributed by atoms with van der Waals surface area (Å²) in [5, 5.41) is 2.87. The van der Waals surface area contributed by atoms with Crippen molar-refractivity contribution >= 4 is 23.4 Å². The van der Waals surface area contributed by atoms with Crippen molar-refractivity contribution in [3.05, 3.63) is 59.7 Å². The van der Waals surface area contributed by atoms with Gasteiger partial charge in [-0.1, -0.05) is 36.0 Å². The molecule has 2 aromatic rings. The lowest BCUT2D eigenvalue weighted by Gasteiger charge is -2.32. The van der Waals surface area contributed by atoms with Crippen LogP contribution >= 0.6 is 11.8 Å². The Balaban J connectivity index is 1.59. The summed E-state index contributed by atoms with van der Waals surface area (Å²) in [5.41, 5.74) is 3.23. The molecule has 0 bridgehead atoms. The summed E-state index contributed by atoms with van der Waals surface area (Å²) in [4.78, 5) is 15.1. The molecule has 1 amide bonds. The third-order valence-electron chi connectivity index (χ3n) is 4.43. The van der Waals surface area contributed by atoms with Gasteiger partial charge in [-0.05, 0) is 48.7 Å². The van der Waals surface area contributed by atoms with Gasteiger partial charge in [-0.15, -0.1) is 0 Å². The molecule has 0 aromatic heterocycles. The van der Waals surface area contributed by atoms with Crippen LogP contribution in [0.2, 0.25) is 0 Å². The van der Waals surface area contributed by atoms with Gasteiger partial charge in [0.05, 0.1) is 6.04 Å². The Kier molecular flexibility index (Phi) is 5.71. The highest BCUT2D eigenvalue weighted by atomic mass is 32.2. The van der Waals surface area contributed by atoms with E-state index in [4.69, 9.17) is 0 Å². The van der Waals surface area contributed by atoms with Crippen LogP contribution in [-0.2, 0) is 17.8 Å². The van der Waals surface area contributed by atoms with Gasteiger partial charge in [0.25, 0.3) is 5.76 Å². The molecule has 1 aliphatic heterocycles. The highest BCUT2D eigenvalue weighted by Gasteiger charge is 2.25. The minimum atomic E-state index is -2.44. The molecule has 132 valence electrons. The molecule has 1 N–H and O–H groups in total. The summed E-state index contributed by atoms with van der Waals surface area (Å²) in [6, 6.07) is 14.5. The van der Waals surface area contributed by atoms with Crippen LogP contribution in [-0.4, -0.2) is 29.2 Å². The van der Waals surface area contributed by atoms with Crippen molar-refractivity contribution in [1.82, 2.24) is 4.90 Å². The Hall–Kier alpha value is -1.92. The Labute approximate surface area is 150 Å². The number of hydrogen-bond acceptors (Lipinski definition) is 3. The van der Waals surface area contributed by atoms with Gasteiger partial charge in [0.1, 0.15) is 0 Å². The third kappa shape index (κ3) is 4.58. The lowest BCUT2D eigenvalue weighted by atomic mass is 9.99. The van der Waals surface area contributed by atoms with Crippen LogP contribution in [0.1, 0.15) is 18.1 Å². The Morgan fingerprint density at radius 1 is 1.12 bits per heavy atom. The van der Waals surface area contributed by atoms with Crippen molar-refractivity contribution in [3.8, 4) is 0 Å². The number of halogens is 2. The third-order valence-corrected chi connectivity index (χ3v) is 5.16. The molecule has 0 unspecified atom stereocenters. The molecule has 0 saturated carbocycles. The van der Waals surface area contributed by atoms with E-state index in [1.165, 1.54) is 11.1 Å². The fourth-order valence-corrected chi connectivity index (χ4v) is 3.48. The summed E-state index contributed by atoms with van der Waals surface area (Å²) >= 11 is 0.494. The van der Waals surface area contributed by atoms with Crippen molar-refractivity contribution in [1.29, 1.82) is 0 Å². The van der Waals surface area contributed by atoms with Gasteiger partial charge in [0.15, 0.2) is 0 Å². The monoisotopic (exact) mass is 362 g/mol. The van der Waals surface area contributed by atoms with E-state index in [9.17, 15) is 13.6 Å². The van der Waals surface area contributed by atoms with Gasteiger partial charge in [0, 0.05) is 23.7 Å². The lowest BCUT2D eigenvalue weighted by molar-refractivity contribution is -0.121. The molecule has 1 atom stereocenters. The minimum Gasteiger partial charge on any atom is -0.325 e. The second-order valence-corrected chi connectivity index (χ2v) is 7.12. The summed E-state index contributed by atoms with van der Waals surface area (Å²) in [6.45, 7) is 3.49. The zero-order valence-electron chi connectivity index (χ0n) is 13.9. The van der Waals surface area contributed by atoms with Crippen molar-refractivity contribution in [3.63, 3.8) is 0 Å². The summed E-state index contributed by atoms with van der Waals surface area (Å²) < 4.78 is 24.7. The molecule has 2 aromatic carbocycles. The van der Waals surface area contributed by atoms with Gasteiger partial charge in [-0.3, -0.25) is 9.69 Å². The topological polar surface area (TPSA) is 32.3 Å². The standard InChI is InChI=1S/C19H20F2N2OS/c1-13(23-11-10-14-4-2-3-5-15(14)12-23)18(24)22-16-6-8-17(9-7-16)25-19(20)21/h2-9,13,19H,10-12H2,1H3,(H,22,24)/t13-/m1/s1. The largest absolute Gasteiger partial charge is 0.325 e. The number of carbonyl (C=O) groups is 1. The molecule has 0 saturated heterocycles. The molecule has 0 aliphatic carbocycles. The van der Waals surface area contributed by atoms with Crippen molar-refractivity contribution in [2.75, 3.05) is 11.9 Å². The molecule has 6 heteroatoms. The van der Waals surface area contributed by atoms with Crippen LogP contribution < -0.4 is 5.32 Å². The first-order valence-electron chi connectivity index (χ1n) is 8.19. The number of anilines is 1. The summed E-state index contributed by atoms with van der Waals surface area (Å²) in [5.74, 6) is -2.53. The number of nitrogens with zero attached hydrogens (tertiary/aromatic N) is 1. The van der Waals surface area contributed by atoms with Gasteiger partial charge < -0.3 is 5.32 Å². The number of hydrogen-bond donors (Lipinski definition) is 1. The number of alkyl halides is 2. The zero-order chi connectivity index (χ0) is 17.8. The minimum absolute atomic E-state index is 0.0892. The van der Waals surface area contributed by atoms with Crippen LogP contribution in [0.3, 0.4) is 0 Å². The summed E-state index contributed by atoms with van der Waals surface area (Å²) in [6.07, 6.45) is 0.938. The quantitative estimate of drug-likeness (QED) is 0.801. The predicted molar refractivity (Wildman–Crippen MR) is 97.0 cm³/mol. The molecule has 0 radical (unpaired) electrons. The number of benzene rings is 2. The normalized spacial score (nSPS) is 15.7. The van der Waals surface area contributed by atoms with Crippen LogP contribution in [0.15, 0.2) is 53.4 Å². The van der Waals surface area contributed by atoms with Crippen molar-refractivity contribution in [2.45, 2.75) is 36.6 Å². The first-order chi connectivity index (χ1) is 12.0. The highest BCUT2D eigenvalue weighted by Crippen LogP contribution is 2.26. The van der Waals surface area contributed by atoms with Crippen LogP contribution in [0.25, 0.3) is 0 Å². The fraction of sp³-hybridized carbons (Fsp3) is 0.316. The Morgan fingerprint density at radius 3 is 2.48 bits per heavy atom. The molecule has 3 rings (SSSR count). The van der Waals surface area contributed by atoms with Crippen LogP contribution in [0, 0.1) is 0 Å². The van der Waals surface area contributed by atoms with E-state index in [1.54, 1.807) is 24.3 Å². The van der Waals surface area contributed by atoms with E-state index in [1.807, 2.05) is 19.1 Å². The molecule has 0 spiro atoms. The van der Waals surface area contributed by atoms with Gasteiger partial charge in [-0.25, -0.2) is 0 Å². The molecular formula is C19H20F2N2OS. The Morgan fingerprint density at radius 2 is 1.80 bits per heavy atom. The van der Waals surface area contributed by atoms with E-state index in [2.05, 4.69) is 22.3 Å². The molecular weight excluding hydrogens is 342 g/mol. The smallest absolute Gasteiger partial charge is 0.288 e. The van der Waals surface area contributed by atoms with E-state index in [-0.39, 0.29) is 11.9 Å². The molecule has 0 fully saturated rings.